The van der Waals surface area contributed by atoms with Gasteiger partial charge in [0.15, 0.2) is 0 Å². The summed E-state index contributed by atoms with van der Waals surface area (Å²) in [6, 6.07) is 4.35. The summed E-state index contributed by atoms with van der Waals surface area (Å²) in [5, 5.41) is 7.68. The van der Waals surface area contributed by atoms with Crippen molar-refractivity contribution in [1.29, 1.82) is 0 Å². The molecule has 4 nitrogen and oxygen atoms in total. The van der Waals surface area contributed by atoms with Crippen molar-refractivity contribution in [2.24, 2.45) is 7.05 Å². The molecule has 0 radical (unpaired) electrons. The van der Waals surface area contributed by atoms with Crippen LogP contribution in [0.25, 0.3) is 0 Å². The van der Waals surface area contributed by atoms with Gasteiger partial charge in [0, 0.05) is 31.0 Å². The quantitative estimate of drug-likeness (QED) is 0.642. The molecule has 6 heteroatoms. The van der Waals surface area contributed by atoms with Crippen LogP contribution in [0.3, 0.4) is 0 Å². The maximum absolute atomic E-state index is 13.5. The van der Waals surface area contributed by atoms with E-state index in [1.54, 1.807) is 24.0 Å². The van der Waals surface area contributed by atoms with Gasteiger partial charge in [-0.3, -0.25) is 4.68 Å². The standard InChI is InChI=1S/C14H13ClFN3O/c1-19-9-13(17-18-19)10-20-14-7-11(4-2-3-5-15)6-12(16)8-14/h6-9H,3,5,10H2,1H3. The van der Waals surface area contributed by atoms with Crippen LogP contribution in [0.15, 0.2) is 24.4 Å². The number of nitrogens with zero attached hydrogens (tertiary/aromatic N) is 3. The Morgan fingerprint density at radius 1 is 1.40 bits per heavy atom. The van der Waals surface area contributed by atoms with Gasteiger partial charge in [0.25, 0.3) is 0 Å². The molecule has 0 amide bonds. The number of hydrogen-bond acceptors (Lipinski definition) is 3. The second-order valence-corrected chi connectivity index (χ2v) is 4.47. The minimum absolute atomic E-state index is 0.228. The number of aryl methyl sites for hydroxylation is 1. The number of benzene rings is 1. The third-order valence-corrected chi connectivity index (χ3v) is 2.55. The lowest BCUT2D eigenvalue weighted by Crippen LogP contribution is -1.97. The van der Waals surface area contributed by atoms with E-state index in [4.69, 9.17) is 16.3 Å². The van der Waals surface area contributed by atoms with Crippen LogP contribution in [0.2, 0.25) is 0 Å². The van der Waals surface area contributed by atoms with Gasteiger partial charge >= 0.3 is 0 Å². The van der Waals surface area contributed by atoms with Crippen molar-refractivity contribution in [3.63, 3.8) is 0 Å². The van der Waals surface area contributed by atoms with Crippen molar-refractivity contribution in [3.8, 4) is 17.6 Å². The summed E-state index contributed by atoms with van der Waals surface area (Å²) < 4.78 is 20.5. The molecule has 0 spiro atoms. The molecule has 0 aliphatic rings. The van der Waals surface area contributed by atoms with Crippen LogP contribution in [-0.2, 0) is 13.7 Å². The van der Waals surface area contributed by atoms with Crippen molar-refractivity contribution in [1.82, 2.24) is 15.0 Å². The fourth-order valence-electron chi connectivity index (χ4n) is 1.55. The Morgan fingerprint density at radius 2 is 2.25 bits per heavy atom. The SMILES string of the molecule is Cn1cc(COc2cc(F)cc(C#CCCCl)c2)nn1. The average Bonchev–Trinajstić information content (AvgIpc) is 2.82. The molecule has 1 aromatic heterocycles. The molecule has 0 N–H and O–H groups in total. The van der Waals surface area contributed by atoms with E-state index in [9.17, 15) is 4.39 Å². The monoisotopic (exact) mass is 293 g/mol. The van der Waals surface area contributed by atoms with Crippen LogP contribution in [0, 0.1) is 17.7 Å². The van der Waals surface area contributed by atoms with Crippen LogP contribution in [0.4, 0.5) is 4.39 Å². The topological polar surface area (TPSA) is 39.9 Å². The Hall–Kier alpha value is -2.06. The van der Waals surface area contributed by atoms with E-state index in [0.29, 0.717) is 29.3 Å². The number of rotatable bonds is 4. The number of alkyl halides is 1. The van der Waals surface area contributed by atoms with E-state index in [2.05, 4.69) is 22.2 Å². The van der Waals surface area contributed by atoms with Gasteiger partial charge in [0.05, 0.1) is 6.20 Å². The molecule has 1 heterocycles. The summed E-state index contributed by atoms with van der Waals surface area (Å²) in [6.45, 7) is 0.228. The maximum Gasteiger partial charge on any atom is 0.134 e. The summed E-state index contributed by atoms with van der Waals surface area (Å²) in [5.41, 5.74) is 1.23. The van der Waals surface area contributed by atoms with Crippen LogP contribution >= 0.6 is 11.6 Å². The molecule has 0 atom stereocenters. The van der Waals surface area contributed by atoms with Gasteiger partial charge in [-0.05, 0) is 12.1 Å². The molecule has 0 aliphatic carbocycles. The highest BCUT2D eigenvalue weighted by Crippen LogP contribution is 2.17. The van der Waals surface area contributed by atoms with E-state index in [0.717, 1.165) is 0 Å². The highest BCUT2D eigenvalue weighted by atomic mass is 35.5. The van der Waals surface area contributed by atoms with E-state index in [-0.39, 0.29) is 6.61 Å². The lowest BCUT2D eigenvalue weighted by Gasteiger charge is -2.04. The number of hydrogen-bond donors (Lipinski definition) is 0. The minimum Gasteiger partial charge on any atom is -0.487 e. The molecule has 20 heavy (non-hydrogen) atoms. The number of halogens is 2. The molecule has 0 bridgehead atoms. The van der Waals surface area contributed by atoms with Gasteiger partial charge in [0.1, 0.15) is 23.9 Å². The zero-order valence-electron chi connectivity index (χ0n) is 10.9. The summed E-state index contributed by atoms with van der Waals surface area (Å²) in [5.74, 6) is 6.17. The van der Waals surface area contributed by atoms with Crippen molar-refractivity contribution >= 4 is 11.6 Å². The number of aromatic nitrogens is 3. The van der Waals surface area contributed by atoms with E-state index >= 15 is 0 Å². The van der Waals surface area contributed by atoms with Crippen LogP contribution in [0.1, 0.15) is 17.7 Å². The summed E-state index contributed by atoms with van der Waals surface area (Å²) >= 11 is 5.53. The van der Waals surface area contributed by atoms with Crippen LogP contribution < -0.4 is 4.74 Å². The molecule has 0 fully saturated rings. The molecule has 2 aromatic rings. The molecular formula is C14H13ClFN3O. The molecule has 1 aromatic carbocycles. The summed E-state index contributed by atoms with van der Waals surface area (Å²) in [4.78, 5) is 0. The normalized spacial score (nSPS) is 9.95. The van der Waals surface area contributed by atoms with Gasteiger partial charge in [0.2, 0.25) is 0 Å². The lowest BCUT2D eigenvalue weighted by atomic mass is 10.2. The Labute approximate surface area is 121 Å². The first-order valence-corrected chi connectivity index (χ1v) is 6.54. The largest absolute Gasteiger partial charge is 0.487 e. The van der Waals surface area contributed by atoms with Crippen molar-refractivity contribution in [2.75, 3.05) is 5.88 Å². The molecular weight excluding hydrogens is 281 g/mol. The fourth-order valence-corrected chi connectivity index (χ4v) is 1.64. The third kappa shape index (κ3) is 4.25. The van der Waals surface area contributed by atoms with Gasteiger partial charge in [-0.15, -0.1) is 16.7 Å². The molecule has 0 unspecified atom stereocenters. The zero-order valence-corrected chi connectivity index (χ0v) is 11.7. The average molecular weight is 294 g/mol. The molecule has 0 saturated carbocycles. The predicted octanol–water partition coefficient (Wildman–Crippen LogP) is 2.51. The third-order valence-electron chi connectivity index (χ3n) is 2.36. The first-order valence-electron chi connectivity index (χ1n) is 6.01. The lowest BCUT2D eigenvalue weighted by molar-refractivity contribution is 0.299. The Balaban J connectivity index is 2.06. The fraction of sp³-hybridized carbons (Fsp3) is 0.286. The Morgan fingerprint density at radius 3 is 2.95 bits per heavy atom. The van der Waals surface area contributed by atoms with Gasteiger partial charge < -0.3 is 4.74 Å². The van der Waals surface area contributed by atoms with Crippen LogP contribution in [0.5, 0.6) is 5.75 Å². The molecule has 2 rings (SSSR count). The zero-order chi connectivity index (χ0) is 14.4. The van der Waals surface area contributed by atoms with Crippen molar-refractivity contribution < 1.29 is 9.13 Å². The van der Waals surface area contributed by atoms with Gasteiger partial charge in [-0.1, -0.05) is 17.1 Å². The maximum atomic E-state index is 13.5. The van der Waals surface area contributed by atoms with Gasteiger partial charge in [-0.25, -0.2) is 4.39 Å². The van der Waals surface area contributed by atoms with Crippen LogP contribution in [-0.4, -0.2) is 20.9 Å². The van der Waals surface area contributed by atoms with E-state index in [1.807, 2.05) is 0 Å². The summed E-state index contributed by atoms with van der Waals surface area (Å²) in [6.07, 6.45) is 2.30. The first-order chi connectivity index (χ1) is 9.67. The van der Waals surface area contributed by atoms with Crippen molar-refractivity contribution in [3.05, 3.63) is 41.5 Å². The van der Waals surface area contributed by atoms with E-state index in [1.165, 1.54) is 12.1 Å². The summed E-state index contributed by atoms with van der Waals surface area (Å²) in [7, 11) is 1.77. The molecule has 0 aliphatic heterocycles. The highest BCUT2D eigenvalue weighted by Gasteiger charge is 2.03. The Kier molecular flexibility index (Phi) is 4.97. The Bertz CT molecular complexity index is 645. The molecule has 104 valence electrons. The van der Waals surface area contributed by atoms with E-state index < -0.39 is 5.82 Å². The second-order valence-electron chi connectivity index (χ2n) is 4.09. The predicted molar refractivity (Wildman–Crippen MR) is 74.0 cm³/mol. The van der Waals surface area contributed by atoms with Gasteiger partial charge in [-0.2, -0.15) is 0 Å². The smallest absolute Gasteiger partial charge is 0.134 e. The van der Waals surface area contributed by atoms with Crippen molar-refractivity contribution in [2.45, 2.75) is 13.0 Å². The number of ether oxygens (including phenoxy) is 1. The second kappa shape index (κ2) is 6.92. The molecule has 0 saturated heterocycles. The highest BCUT2D eigenvalue weighted by molar-refractivity contribution is 6.18. The first kappa shape index (κ1) is 14.4. The minimum atomic E-state index is -0.392.